The van der Waals surface area contributed by atoms with Crippen LogP contribution >= 0.6 is 11.8 Å². The number of carbonyl (C=O) groups excluding carboxylic acids is 2. The van der Waals surface area contributed by atoms with Gasteiger partial charge in [0, 0.05) is 16.8 Å². The largest absolute Gasteiger partial charge is 0.411 e. The molecule has 2 aromatic carbocycles. The Kier molecular flexibility index (Phi) is 5.56. The van der Waals surface area contributed by atoms with E-state index in [1.807, 2.05) is 31.2 Å². The van der Waals surface area contributed by atoms with Crippen molar-refractivity contribution in [1.29, 1.82) is 0 Å². The molecule has 1 heterocycles. The molecule has 1 aromatic heterocycles. The lowest BCUT2D eigenvalue weighted by Gasteiger charge is -2.10. The van der Waals surface area contributed by atoms with Gasteiger partial charge in [-0.25, -0.2) is 0 Å². The van der Waals surface area contributed by atoms with Gasteiger partial charge in [-0.2, -0.15) is 0 Å². The lowest BCUT2D eigenvalue weighted by Crippen LogP contribution is -2.22. The molecule has 2 amide bonds. The molecule has 3 rings (SSSR count). The summed E-state index contributed by atoms with van der Waals surface area (Å²) in [5.41, 5.74) is 8.05. The number of thioether (sulfide) groups is 1. The Hall–Kier alpha value is -3.13. The average Bonchev–Trinajstić information content (AvgIpc) is 3.10. The molecule has 3 N–H and O–H groups in total. The van der Waals surface area contributed by atoms with Crippen molar-refractivity contribution in [2.75, 3.05) is 5.32 Å². The van der Waals surface area contributed by atoms with E-state index in [9.17, 15) is 9.59 Å². The summed E-state index contributed by atoms with van der Waals surface area (Å²) < 4.78 is 5.67. The highest BCUT2D eigenvalue weighted by Gasteiger charge is 2.19. The molecule has 0 fully saturated rings. The van der Waals surface area contributed by atoms with Gasteiger partial charge in [0.05, 0.1) is 5.25 Å². The topological polar surface area (TPSA) is 111 Å². The summed E-state index contributed by atoms with van der Waals surface area (Å²) in [7, 11) is 0. The molecule has 1 atom stereocenters. The number of amides is 2. The summed E-state index contributed by atoms with van der Waals surface area (Å²) in [6.07, 6.45) is 0. The standard InChI is InChI=1S/C19H18N4O3S/c1-11-5-3-4-6-15(11)18-22-23-19(26-18)27-12(2)17(25)21-14-9-7-13(8-10-14)16(20)24/h3-10,12H,1-2H3,(H2,20,24)(H,21,25)/t12-/m1/s1. The highest BCUT2D eigenvalue weighted by Crippen LogP contribution is 2.28. The highest BCUT2D eigenvalue weighted by molar-refractivity contribution is 8.00. The van der Waals surface area contributed by atoms with Crippen molar-refractivity contribution in [1.82, 2.24) is 10.2 Å². The van der Waals surface area contributed by atoms with Crippen LogP contribution in [0.1, 0.15) is 22.8 Å². The van der Waals surface area contributed by atoms with E-state index in [4.69, 9.17) is 10.2 Å². The van der Waals surface area contributed by atoms with Gasteiger partial charge < -0.3 is 15.5 Å². The van der Waals surface area contributed by atoms with Crippen molar-refractivity contribution in [2.45, 2.75) is 24.3 Å². The molecule has 0 radical (unpaired) electrons. The second-order valence-corrected chi connectivity index (χ2v) is 7.17. The lowest BCUT2D eigenvalue weighted by molar-refractivity contribution is -0.115. The summed E-state index contributed by atoms with van der Waals surface area (Å²) in [5, 5.41) is 10.7. The van der Waals surface area contributed by atoms with Crippen molar-refractivity contribution in [3.05, 3.63) is 59.7 Å². The number of nitrogens with zero attached hydrogens (tertiary/aromatic N) is 2. The molecule has 3 aromatic rings. The van der Waals surface area contributed by atoms with E-state index in [1.54, 1.807) is 31.2 Å². The minimum atomic E-state index is -0.516. The van der Waals surface area contributed by atoms with Gasteiger partial charge >= 0.3 is 0 Å². The number of aryl methyl sites for hydroxylation is 1. The Bertz CT molecular complexity index is 969. The van der Waals surface area contributed by atoms with Gasteiger partial charge in [0.2, 0.25) is 17.7 Å². The van der Waals surface area contributed by atoms with Crippen LogP contribution in [0.25, 0.3) is 11.5 Å². The zero-order valence-electron chi connectivity index (χ0n) is 14.8. The van der Waals surface area contributed by atoms with Crippen LogP contribution < -0.4 is 11.1 Å². The summed E-state index contributed by atoms with van der Waals surface area (Å²) in [4.78, 5) is 23.4. The van der Waals surface area contributed by atoms with E-state index in [2.05, 4.69) is 15.5 Å². The molecule has 8 heteroatoms. The maximum Gasteiger partial charge on any atom is 0.277 e. The number of nitrogens with one attached hydrogen (secondary N) is 1. The van der Waals surface area contributed by atoms with Gasteiger partial charge in [0.15, 0.2) is 0 Å². The Morgan fingerprint density at radius 3 is 2.48 bits per heavy atom. The van der Waals surface area contributed by atoms with Crippen LogP contribution in [0.4, 0.5) is 5.69 Å². The third kappa shape index (κ3) is 4.53. The van der Waals surface area contributed by atoms with Crippen molar-refractivity contribution in [3.63, 3.8) is 0 Å². The van der Waals surface area contributed by atoms with Crippen LogP contribution in [-0.4, -0.2) is 27.3 Å². The van der Waals surface area contributed by atoms with Gasteiger partial charge in [0.1, 0.15) is 0 Å². The number of anilines is 1. The number of primary amides is 1. The fraction of sp³-hybridized carbons (Fsp3) is 0.158. The second-order valence-electron chi connectivity index (χ2n) is 5.88. The molecule has 0 aliphatic rings. The first kappa shape index (κ1) is 18.7. The number of hydrogen-bond acceptors (Lipinski definition) is 6. The van der Waals surface area contributed by atoms with E-state index in [1.165, 1.54) is 11.8 Å². The Morgan fingerprint density at radius 2 is 1.81 bits per heavy atom. The predicted octanol–water partition coefficient (Wildman–Crippen LogP) is 3.26. The fourth-order valence-corrected chi connectivity index (χ4v) is 3.03. The molecular weight excluding hydrogens is 364 g/mol. The molecule has 0 saturated heterocycles. The fourth-order valence-electron chi connectivity index (χ4n) is 2.35. The molecule has 0 aliphatic heterocycles. The van der Waals surface area contributed by atoms with Crippen LogP contribution in [0.2, 0.25) is 0 Å². The zero-order chi connectivity index (χ0) is 19.4. The molecule has 0 spiro atoms. The first-order chi connectivity index (χ1) is 12.9. The normalized spacial score (nSPS) is 11.8. The number of carbonyl (C=O) groups is 2. The summed E-state index contributed by atoms with van der Waals surface area (Å²) in [5.74, 6) is -0.314. The smallest absolute Gasteiger partial charge is 0.277 e. The van der Waals surface area contributed by atoms with E-state index in [0.717, 1.165) is 11.1 Å². The highest BCUT2D eigenvalue weighted by atomic mass is 32.2. The SMILES string of the molecule is Cc1ccccc1-c1nnc(S[C@H](C)C(=O)Nc2ccc(C(N)=O)cc2)o1. The minimum absolute atomic E-state index is 0.220. The van der Waals surface area contributed by atoms with Gasteiger partial charge in [0.25, 0.3) is 5.22 Å². The third-order valence-electron chi connectivity index (χ3n) is 3.87. The van der Waals surface area contributed by atoms with Crippen LogP contribution in [0, 0.1) is 6.92 Å². The second kappa shape index (κ2) is 8.05. The first-order valence-corrected chi connectivity index (χ1v) is 9.09. The molecular formula is C19H18N4O3S. The molecule has 0 aliphatic carbocycles. The predicted molar refractivity (Wildman–Crippen MR) is 103 cm³/mol. The molecule has 27 heavy (non-hydrogen) atoms. The van der Waals surface area contributed by atoms with Crippen LogP contribution in [0.3, 0.4) is 0 Å². The number of benzene rings is 2. The Labute approximate surface area is 160 Å². The summed E-state index contributed by atoms with van der Waals surface area (Å²) in [6, 6.07) is 14.1. The van der Waals surface area contributed by atoms with Gasteiger partial charge in [-0.05, 0) is 49.7 Å². The van der Waals surface area contributed by atoms with Crippen LogP contribution in [0.5, 0.6) is 0 Å². The van der Waals surface area contributed by atoms with E-state index in [-0.39, 0.29) is 5.91 Å². The van der Waals surface area contributed by atoms with Gasteiger partial charge in [-0.15, -0.1) is 10.2 Å². The minimum Gasteiger partial charge on any atom is -0.411 e. The average molecular weight is 382 g/mol. The van der Waals surface area contributed by atoms with Crippen molar-refractivity contribution < 1.29 is 14.0 Å². The molecule has 7 nitrogen and oxygen atoms in total. The Balaban J connectivity index is 1.63. The van der Waals surface area contributed by atoms with Gasteiger partial charge in [-0.1, -0.05) is 30.0 Å². The molecule has 0 unspecified atom stereocenters. The number of rotatable bonds is 6. The van der Waals surface area contributed by atoms with Crippen LogP contribution in [0.15, 0.2) is 58.2 Å². The van der Waals surface area contributed by atoms with E-state index < -0.39 is 11.2 Å². The van der Waals surface area contributed by atoms with Gasteiger partial charge in [-0.3, -0.25) is 9.59 Å². The van der Waals surface area contributed by atoms with Crippen LogP contribution in [-0.2, 0) is 4.79 Å². The third-order valence-corrected chi connectivity index (χ3v) is 4.80. The maximum absolute atomic E-state index is 12.4. The monoisotopic (exact) mass is 382 g/mol. The first-order valence-electron chi connectivity index (χ1n) is 8.21. The van der Waals surface area contributed by atoms with Crippen molar-refractivity contribution in [2.24, 2.45) is 5.73 Å². The van der Waals surface area contributed by atoms with Crippen molar-refractivity contribution >= 4 is 29.3 Å². The molecule has 138 valence electrons. The zero-order valence-corrected chi connectivity index (χ0v) is 15.6. The Morgan fingerprint density at radius 1 is 1.11 bits per heavy atom. The molecule has 0 bridgehead atoms. The number of nitrogens with two attached hydrogens (primary N) is 1. The lowest BCUT2D eigenvalue weighted by atomic mass is 10.1. The number of hydrogen-bond donors (Lipinski definition) is 2. The molecule has 0 saturated carbocycles. The van der Waals surface area contributed by atoms with Crippen molar-refractivity contribution in [3.8, 4) is 11.5 Å². The van der Waals surface area contributed by atoms with E-state index in [0.29, 0.717) is 22.4 Å². The number of aromatic nitrogens is 2. The maximum atomic E-state index is 12.4. The van der Waals surface area contributed by atoms with E-state index >= 15 is 0 Å². The summed E-state index contributed by atoms with van der Waals surface area (Å²) in [6.45, 7) is 3.71. The quantitative estimate of drug-likeness (QED) is 0.633. The summed E-state index contributed by atoms with van der Waals surface area (Å²) >= 11 is 1.17.